The highest BCUT2D eigenvalue weighted by Gasteiger charge is 2.51. The van der Waals surface area contributed by atoms with E-state index in [0.29, 0.717) is 13.0 Å². The van der Waals surface area contributed by atoms with Crippen molar-refractivity contribution in [2.24, 2.45) is 23.7 Å². The molecular weight excluding hydrogens is 727 g/mol. The first-order valence-corrected chi connectivity index (χ1v) is 22.7. The van der Waals surface area contributed by atoms with Gasteiger partial charge in [0.1, 0.15) is 12.2 Å². The molecular formula is C41H71NO12Si. The molecule has 0 aromatic heterocycles. The minimum absolute atomic E-state index is 0.0337. The van der Waals surface area contributed by atoms with Gasteiger partial charge in [-0.1, -0.05) is 59.3 Å². The minimum atomic E-state index is -2.16. The van der Waals surface area contributed by atoms with Crippen LogP contribution in [-0.4, -0.2) is 123 Å². The van der Waals surface area contributed by atoms with Crippen LogP contribution in [0.3, 0.4) is 0 Å². The fraction of sp³-hybridized carbons (Fsp3) is 0.805. The maximum absolute atomic E-state index is 13.6. The summed E-state index contributed by atoms with van der Waals surface area (Å²) >= 11 is 0. The largest absolute Gasteiger partial charge is 0.462 e. The Balaban J connectivity index is 2.63. The lowest BCUT2D eigenvalue weighted by atomic mass is 9.79. The van der Waals surface area contributed by atoms with Gasteiger partial charge in [-0.25, -0.2) is 0 Å². The number of likely N-dealkylation sites (N-methyl/N-ethyl adjacent to an activating group) is 1. The lowest BCUT2D eigenvalue weighted by Crippen LogP contribution is -2.65. The number of hydrogen-bond donors (Lipinski definition) is 2. The predicted octanol–water partition coefficient (Wildman–Crippen LogP) is 5.37. The van der Waals surface area contributed by atoms with Crippen molar-refractivity contribution in [1.29, 1.82) is 0 Å². The minimum Gasteiger partial charge on any atom is -0.462 e. The molecule has 2 aliphatic rings. The number of carbonyl (C=O) groups excluding carboxylic acids is 4. The van der Waals surface area contributed by atoms with Gasteiger partial charge < -0.3 is 38.3 Å². The Bertz CT molecular complexity index is 1340. The topological polar surface area (TPSA) is 167 Å². The Kier molecular flexibility index (Phi) is 18.9. The van der Waals surface area contributed by atoms with Gasteiger partial charge in [0.2, 0.25) is 0 Å². The van der Waals surface area contributed by atoms with Crippen LogP contribution >= 0.6 is 0 Å². The normalized spacial score (nSPS) is 33.5. The van der Waals surface area contributed by atoms with Crippen LogP contribution in [0.15, 0.2) is 23.8 Å². The average Bonchev–Trinajstić information content (AvgIpc) is 3.06. The SMILES string of the molecule is CC[C@@H]1OC(=O)C[C@H](O)[C@@H](C)[C@H](OC2O[C@H](C)[C@H](OC(C)=O)[C@H](N(C)C)[C@@H]2OC(C)=O)[C@H](CCO)C[C@H](C)C(=O)C=CC(C)=C[C@@H]1CO[Si](C)(C)C(C)(C)C. The maximum Gasteiger partial charge on any atom is 0.308 e. The van der Waals surface area contributed by atoms with Crippen molar-refractivity contribution in [3.05, 3.63) is 23.8 Å². The molecule has 0 spiro atoms. The van der Waals surface area contributed by atoms with Crippen molar-refractivity contribution in [3.63, 3.8) is 0 Å². The van der Waals surface area contributed by atoms with Gasteiger partial charge in [-0.05, 0) is 77.3 Å². The highest BCUT2D eigenvalue weighted by Crippen LogP contribution is 2.38. The first-order valence-electron chi connectivity index (χ1n) is 19.8. The lowest BCUT2D eigenvalue weighted by molar-refractivity contribution is -0.308. The van der Waals surface area contributed by atoms with Crippen LogP contribution in [0.25, 0.3) is 0 Å². The molecule has 55 heavy (non-hydrogen) atoms. The molecule has 12 atom stereocenters. The van der Waals surface area contributed by atoms with E-state index in [1.54, 1.807) is 45.0 Å². The molecule has 0 radical (unpaired) electrons. The van der Waals surface area contributed by atoms with E-state index in [-0.39, 0.29) is 42.6 Å². The second-order valence-electron chi connectivity index (χ2n) is 17.3. The number of allylic oxidation sites excluding steroid dienone is 3. The van der Waals surface area contributed by atoms with Gasteiger partial charge in [-0.15, -0.1) is 0 Å². The Morgan fingerprint density at radius 2 is 1.60 bits per heavy atom. The van der Waals surface area contributed by atoms with Crippen molar-refractivity contribution in [2.75, 3.05) is 27.3 Å². The molecule has 1 fully saturated rings. The molecule has 2 N–H and O–H groups in total. The second kappa shape index (κ2) is 21.3. The summed E-state index contributed by atoms with van der Waals surface area (Å²) in [6.07, 6.45) is -0.608. The third-order valence-corrected chi connectivity index (χ3v) is 15.9. The fourth-order valence-electron chi connectivity index (χ4n) is 7.16. The number of esters is 3. The highest BCUT2D eigenvalue weighted by molar-refractivity contribution is 6.74. The Labute approximate surface area is 330 Å². The van der Waals surface area contributed by atoms with Crippen LogP contribution in [0, 0.1) is 23.7 Å². The zero-order chi connectivity index (χ0) is 42.0. The Morgan fingerprint density at radius 1 is 1.00 bits per heavy atom. The summed E-state index contributed by atoms with van der Waals surface area (Å²) in [5, 5.41) is 22.0. The summed E-state index contributed by atoms with van der Waals surface area (Å²) < 4.78 is 37.2. The molecule has 316 valence electrons. The maximum atomic E-state index is 13.6. The molecule has 2 aliphatic heterocycles. The molecule has 0 aromatic carbocycles. The summed E-state index contributed by atoms with van der Waals surface area (Å²) in [5.74, 6) is -3.94. The molecule has 0 aromatic rings. The predicted molar refractivity (Wildman–Crippen MR) is 211 cm³/mol. The number of rotatable bonds is 11. The number of cyclic esters (lactones) is 1. The van der Waals surface area contributed by atoms with E-state index in [4.69, 9.17) is 28.1 Å². The third-order valence-electron chi connectivity index (χ3n) is 11.4. The second-order valence-corrected chi connectivity index (χ2v) is 22.1. The van der Waals surface area contributed by atoms with Crippen molar-refractivity contribution in [1.82, 2.24) is 4.90 Å². The zero-order valence-electron chi connectivity index (χ0n) is 35.8. The molecule has 1 unspecified atom stereocenters. The summed E-state index contributed by atoms with van der Waals surface area (Å²) in [6, 6.07) is -0.680. The van der Waals surface area contributed by atoms with Gasteiger partial charge in [-0.2, -0.15) is 0 Å². The molecule has 0 bridgehead atoms. The van der Waals surface area contributed by atoms with Crippen molar-refractivity contribution in [2.45, 2.75) is 162 Å². The van der Waals surface area contributed by atoms with Crippen LogP contribution in [0.4, 0.5) is 0 Å². The molecule has 0 amide bonds. The average molecular weight is 798 g/mol. The number of ketones is 1. The number of carbonyl (C=O) groups is 4. The van der Waals surface area contributed by atoms with E-state index in [1.165, 1.54) is 13.8 Å². The number of ether oxygens (including phenoxy) is 5. The van der Waals surface area contributed by atoms with Crippen LogP contribution in [0.2, 0.25) is 18.1 Å². The van der Waals surface area contributed by atoms with Gasteiger partial charge in [0.15, 0.2) is 26.5 Å². The van der Waals surface area contributed by atoms with Gasteiger partial charge >= 0.3 is 17.9 Å². The van der Waals surface area contributed by atoms with Crippen LogP contribution in [0.5, 0.6) is 0 Å². The van der Waals surface area contributed by atoms with Crippen LogP contribution < -0.4 is 0 Å². The van der Waals surface area contributed by atoms with Crippen molar-refractivity contribution in [3.8, 4) is 0 Å². The van der Waals surface area contributed by atoms with Gasteiger partial charge in [0.05, 0.1) is 30.8 Å². The number of nitrogens with zero attached hydrogens (tertiary/aromatic N) is 1. The molecule has 13 nitrogen and oxygen atoms in total. The molecule has 2 heterocycles. The molecule has 2 rings (SSSR count). The Hall–Kier alpha value is -2.46. The van der Waals surface area contributed by atoms with E-state index < -0.39 is 92.9 Å². The first-order chi connectivity index (χ1) is 25.4. The highest BCUT2D eigenvalue weighted by atomic mass is 28.4. The quantitative estimate of drug-likeness (QED) is 0.156. The molecule has 14 heteroatoms. The van der Waals surface area contributed by atoms with E-state index >= 15 is 0 Å². The summed E-state index contributed by atoms with van der Waals surface area (Å²) in [6.45, 7) is 22.5. The lowest BCUT2D eigenvalue weighted by Gasteiger charge is -2.48. The third kappa shape index (κ3) is 14.2. The van der Waals surface area contributed by atoms with Crippen LogP contribution in [0.1, 0.15) is 94.9 Å². The molecule has 1 saturated heterocycles. The molecule has 0 aliphatic carbocycles. The van der Waals surface area contributed by atoms with Gasteiger partial charge in [0, 0.05) is 44.8 Å². The summed E-state index contributed by atoms with van der Waals surface area (Å²) in [5.41, 5.74) is 0.815. The van der Waals surface area contributed by atoms with E-state index in [1.807, 2.05) is 26.8 Å². The first kappa shape index (κ1) is 48.7. The fourth-order valence-corrected chi connectivity index (χ4v) is 8.20. The van der Waals surface area contributed by atoms with E-state index in [0.717, 1.165) is 5.57 Å². The van der Waals surface area contributed by atoms with E-state index in [9.17, 15) is 29.4 Å². The van der Waals surface area contributed by atoms with Gasteiger partial charge in [0.25, 0.3) is 0 Å². The number of aliphatic hydroxyl groups excluding tert-OH is 2. The zero-order valence-corrected chi connectivity index (χ0v) is 36.8. The van der Waals surface area contributed by atoms with Gasteiger partial charge in [-0.3, -0.25) is 24.1 Å². The summed E-state index contributed by atoms with van der Waals surface area (Å²) in [4.78, 5) is 53.7. The van der Waals surface area contributed by atoms with Crippen LogP contribution in [-0.2, 0) is 47.3 Å². The van der Waals surface area contributed by atoms with Crippen molar-refractivity contribution < 1.29 is 57.5 Å². The Morgan fingerprint density at radius 3 is 2.13 bits per heavy atom. The van der Waals surface area contributed by atoms with Crippen molar-refractivity contribution >= 4 is 32.0 Å². The standard InChI is InChI=1S/C41H71NO12Si/c1-15-34-31(23-49-55(13,14)41(8,9)10)20-24(2)16-17-32(46)25(3)21-30(18-19-43)37(26(4)33(47)22-35(48)53-34)54-40-39(52-29(7)45)36(42(11)12)38(27(5)50-40)51-28(6)44/h16-17,20,25-27,30-31,33-34,36-40,43,47H,15,18-19,21-23H2,1-14H3/t25-,26+,27+,30+,31+,33-,34-,36-,37-,38-,39-,40?/m0/s1. The number of aliphatic hydroxyl groups is 2. The van der Waals surface area contributed by atoms with E-state index in [2.05, 4.69) is 33.9 Å². The molecule has 0 saturated carbocycles. The summed E-state index contributed by atoms with van der Waals surface area (Å²) in [7, 11) is 1.36. The number of hydrogen-bond acceptors (Lipinski definition) is 13. The smallest absolute Gasteiger partial charge is 0.308 e. The monoisotopic (exact) mass is 797 g/mol.